The number of nitrogens with one attached hydrogen (secondary N) is 1. The Kier molecular flexibility index (Phi) is 5.84. The Morgan fingerprint density at radius 3 is 2.50 bits per heavy atom. The van der Waals surface area contributed by atoms with Crippen LogP contribution in [0, 0.1) is 5.82 Å². The van der Waals surface area contributed by atoms with Crippen molar-refractivity contribution in [1.82, 2.24) is 5.32 Å². The summed E-state index contributed by atoms with van der Waals surface area (Å²) in [4.78, 5) is 22.1. The summed E-state index contributed by atoms with van der Waals surface area (Å²) in [5, 5.41) is 2.68. The van der Waals surface area contributed by atoms with Gasteiger partial charge in [-0.05, 0) is 24.1 Å². The average Bonchev–Trinajstić information content (AvgIpc) is 2.38. The van der Waals surface area contributed by atoms with E-state index in [0.717, 1.165) is 5.56 Å². The highest BCUT2D eigenvalue weighted by atomic mass is 19.1. The van der Waals surface area contributed by atoms with Gasteiger partial charge in [0.2, 0.25) is 5.91 Å². The molecule has 0 radical (unpaired) electrons. The van der Waals surface area contributed by atoms with Gasteiger partial charge in [-0.3, -0.25) is 9.59 Å². The SMILES string of the molecule is COC(=O)CCC(=O)NCCc1ccc(F)cc1. The fourth-order valence-electron chi connectivity index (χ4n) is 1.40. The Balaban J connectivity index is 2.19. The van der Waals surface area contributed by atoms with Crippen molar-refractivity contribution in [2.75, 3.05) is 13.7 Å². The van der Waals surface area contributed by atoms with Crippen LogP contribution in [0.3, 0.4) is 0 Å². The smallest absolute Gasteiger partial charge is 0.306 e. The molecule has 1 aromatic carbocycles. The van der Waals surface area contributed by atoms with Crippen LogP contribution in [-0.2, 0) is 20.7 Å². The highest BCUT2D eigenvalue weighted by Gasteiger charge is 2.05. The molecule has 98 valence electrons. The number of hydrogen-bond acceptors (Lipinski definition) is 3. The standard InChI is InChI=1S/C13H16FNO3/c1-18-13(17)7-6-12(16)15-9-8-10-2-4-11(14)5-3-10/h2-5H,6-9H2,1H3,(H,15,16). The summed E-state index contributed by atoms with van der Waals surface area (Å²) in [6, 6.07) is 6.12. The van der Waals surface area contributed by atoms with E-state index in [2.05, 4.69) is 10.1 Å². The average molecular weight is 253 g/mol. The molecule has 0 heterocycles. The molecule has 0 atom stereocenters. The zero-order valence-corrected chi connectivity index (χ0v) is 10.2. The highest BCUT2D eigenvalue weighted by molar-refractivity contribution is 5.81. The van der Waals surface area contributed by atoms with Gasteiger partial charge in [0.05, 0.1) is 13.5 Å². The number of rotatable bonds is 6. The summed E-state index contributed by atoms with van der Waals surface area (Å²) in [5.41, 5.74) is 0.949. The third-order valence-electron chi connectivity index (χ3n) is 2.43. The van der Waals surface area contributed by atoms with E-state index in [1.54, 1.807) is 12.1 Å². The van der Waals surface area contributed by atoms with E-state index in [1.807, 2.05) is 0 Å². The number of carbonyl (C=O) groups is 2. The Labute approximate surface area is 105 Å². The summed E-state index contributed by atoms with van der Waals surface area (Å²) in [6.45, 7) is 0.464. The Hall–Kier alpha value is -1.91. The van der Waals surface area contributed by atoms with Gasteiger partial charge in [0.15, 0.2) is 0 Å². The van der Waals surface area contributed by atoms with Crippen molar-refractivity contribution in [3.05, 3.63) is 35.6 Å². The fourth-order valence-corrected chi connectivity index (χ4v) is 1.40. The van der Waals surface area contributed by atoms with Crippen LogP contribution in [0.2, 0.25) is 0 Å². The molecular weight excluding hydrogens is 237 g/mol. The molecule has 0 bridgehead atoms. The molecule has 1 N–H and O–H groups in total. The first-order valence-electron chi connectivity index (χ1n) is 5.70. The normalized spacial score (nSPS) is 9.89. The van der Waals surface area contributed by atoms with Gasteiger partial charge in [-0.1, -0.05) is 12.1 Å². The van der Waals surface area contributed by atoms with E-state index in [4.69, 9.17) is 0 Å². The summed E-state index contributed by atoms with van der Waals surface area (Å²) >= 11 is 0. The Morgan fingerprint density at radius 2 is 1.89 bits per heavy atom. The van der Waals surface area contributed by atoms with E-state index >= 15 is 0 Å². The Bertz CT molecular complexity index is 403. The molecule has 18 heavy (non-hydrogen) atoms. The lowest BCUT2D eigenvalue weighted by molar-refractivity contribution is -0.142. The molecule has 1 amide bonds. The number of ether oxygens (including phenoxy) is 1. The van der Waals surface area contributed by atoms with Crippen LogP contribution in [0.5, 0.6) is 0 Å². The molecule has 0 aliphatic carbocycles. The maximum atomic E-state index is 12.6. The quantitative estimate of drug-likeness (QED) is 0.780. The van der Waals surface area contributed by atoms with E-state index in [0.29, 0.717) is 13.0 Å². The van der Waals surface area contributed by atoms with Crippen molar-refractivity contribution < 1.29 is 18.7 Å². The number of carbonyl (C=O) groups excluding carboxylic acids is 2. The maximum Gasteiger partial charge on any atom is 0.306 e. The van der Waals surface area contributed by atoms with Crippen LogP contribution in [0.4, 0.5) is 4.39 Å². The van der Waals surface area contributed by atoms with Crippen molar-refractivity contribution >= 4 is 11.9 Å². The zero-order valence-electron chi connectivity index (χ0n) is 10.2. The van der Waals surface area contributed by atoms with Crippen molar-refractivity contribution in [3.63, 3.8) is 0 Å². The molecule has 4 nitrogen and oxygen atoms in total. The molecule has 0 aromatic heterocycles. The van der Waals surface area contributed by atoms with E-state index in [9.17, 15) is 14.0 Å². The van der Waals surface area contributed by atoms with Crippen molar-refractivity contribution in [2.45, 2.75) is 19.3 Å². The molecule has 5 heteroatoms. The van der Waals surface area contributed by atoms with Crippen LogP contribution >= 0.6 is 0 Å². The molecule has 0 aliphatic rings. The van der Waals surface area contributed by atoms with Gasteiger partial charge < -0.3 is 10.1 Å². The molecule has 1 rings (SSSR count). The summed E-state index contributed by atoms with van der Waals surface area (Å²) in [7, 11) is 1.29. The number of amides is 1. The molecule has 0 saturated carbocycles. The molecule has 0 fully saturated rings. The largest absolute Gasteiger partial charge is 0.469 e. The van der Waals surface area contributed by atoms with Crippen LogP contribution in [-0.4, -0.2) is 25.5 Å². The van der Waals surface area contributed by atoms with Crippen LogP contribution in [0.1, 0.15) is 18.4 Å². The number of halogens is 1. The summed E-state index contributed by atoms with van der Waals surface area (Å²) in [6.07, 6.45) is 0.833. The Morgan fingerprint density at radius 1 is 1.22 bits per heavy atom. The number of hydrogen-bond donors (Lipinski definition) is 1. The fraction of sp³-hybridized carbons (Fsp3) is 0.385. The summed E-state index contributed by atoms with van der Waals surface area (Å²) < 4.78 is 17.1. The van der Waals surface area contributed by atoms with E-state index in [1.165, 1.54) is 19.2 Å². The van der Waals surface area contributed by atoms with Crippen molar-refractivity contribution in [1.29, 1.82) is 0 Å². The lowest BCUT2D eigenvalue weighted by Crippen LogP contribution is -2.26. The zero-order chi connectivity index (χ0) is 13.4. The second kappa shape index (κ2) is 7.42. The van der Waals surface area contributed by atoms with Gasteiger partial charge in [0.25, 0.3) is 0 Å². The van der Waals surface area contributed by atoms with Crippen LogP contribution in [0.15, 0.2) is 24.3 Å². The molecule has 1 aromatic rings. The third-order valence-corrected chi connectivity index (χ3v) is 2.43. The van der Waals surface area contributed by atoms with Crippen molar-refractivity contribution in [2.24, 2.45) is 0 Å². The van der Waals surface area contributed by atoms with Gasteiger partial charge in [0, 0.05) is 13.0 Å². The first-order valence-corrected chi connectivity index (χ1v) is 5.70. The monoisotopic (exact) mass is 253 g/mol. The van der Waals surface area contributed by atoms with Crippen LogP contribution in [0.25, 0.3) is 0 Å². The van der Waals surface area contributed by atoms with E-state index < -0.39 is 5.97 Å². The lowest BCUT2D eigenvalue weighted by atomic mass is 10.1. The maximum absolute atomic E-state index is 12.6. The third kappa shape index (κ3) is 5.43. The van der Waals surface area contributed by atoms with Crippen molar-refractivity contribution in [3.8, 4) is 0 Å². The number of methoxy groups -OCH3 is 1. The van der Waals surface area contributed by atoms with Gasteiger partial charge >= 0.3 is 5.97 Å². The van der Waals surface area contributed by atoms with Gasteiger partial charge in [-0.25, -0.2) is 4.39 Å². The topological polar surface area (TPSA) is 55.4 Å². The van der Waals surface area contributed by atoms with Gasteiger partial charge in [-0.2, -0.15) is 0 Å². The first kappa shape index (κ1) is 14.2. The first-order chi connectivity index (χ1) is 8.61. The summed E-state index contributed by atoms with van der Waals surface area (Å²) in [5.74, 6) is -0.868. The molecule has 0 spiro atoms. The minimum Gasteiger partial charge on any atom is -0.469 e. The molecular formula is C13H16FNO3. The van der Waals surface area contributed by atoms with Gasteiger partial charge in [-0.15, -0.1) is 0 Å². The van der Waals surface area contributed by atoms with Gasteiger partial charge in [0.1, 0.15) is 5.82 Å². The molecule has 0 unspecified atom stereocenters. The minimum absolute atomic E-state index is 0.0822. The second-order valence-electron chi connectivity index (χ2n) is 3.80. The van der Waals surface area contributed by atoms with Crippen LogP contribution < -0.4 is 5.32 Å². The molecule has 0 saturated heterocycles. The second-order valence-corrected chi connectivity index (χ2v) is 3.80. The number of esters is 1. The predicted molar refractivity (Wildman–Crippen MR) is 64.4 cm³/mol. The number of benzene rings is 1. The van der Waals surface area contributed by atoms with E-state index in [-0.39, 0.29) is 24.6 Å². The molecule has 0 aliphatic heterocycles. The lowest BCUT2D eigenvalue weighted by Gasteiger charge is -2.05. The minimum atomic E-state index is -0.399. The predicted octanol–water partition coefficient (Wildman–Crippen LogP) is 1.44. The highest BCUT2D eigenvalue weighted by Crippen LogP contribution is 2.02.